The first-order chi connectivity index (χ1) is 8.47. The predicted molar refractivity (Wildman–Crippen MR) is 76.5 cm³/mol. The maximum atomic E-state index is 13.0. The minimum Gasteiger partial charge on any atom is -0.341 e. The molecule has 0 atom stereocenters. The molecule has 2 rings (SSSR count). The Morgan fingerprint density at radius 1 is 1.50 bits per heavy atom. The van der Waals surface area contributed by atoms with Gasteiger partial charge in [-0.25, -0.2) is 4.39 Å². The van der Waals surface area contributed by atoms with Gasteiger partial charge in [-0.05, 0) is 52.9 Å². The fourth-order valence-corrected chi connectivity index (χ4v) is 3.72. The SMILES string of the molecule is CN(CC1CC(Br)C1)C(=O)c1ccc(F)cc1Br. The minimum absolute atomic E-state index is 0.0695. The summed E-state index contributed by atoms with van der Waals surface area (Å²) in [4.78, 5) is 14.5. The Morgan fingerprint density at radius 3 is 2.72 bits per heavy atom. The molecule has 98 valence electrons. The first-order valence-corrected chi connectivity index (χ1v) is 7.53. The van der Waals surface area contributed by atoms with Crippen molar-refractivity contribution in [1.29, 1.82) is 0 Å². The molecule has 1 aromatic rings. The van der Waals surface area contributed by atoms with Crippen molar-refractivity contribution in [1.82, 2.24) is 4.90 Å². The number of benzene rings is 1. The molecule has 0 bridgehead atoms. The maximum absolute atomic E-state index is 13.0. The number of rotatable bonds is 3. The first-order valence-electron chi connectivity index (χ1n) is 5.82. The number of alkyl halides is 1. The van der Waals surface area contributed by atoms with Crippen molar-refractivity contribution < 1.29 is 9.18 Å². The lowest BCUT2D eigenvalue weighted by molar-refractivity contribution is 0.0748. The molecule has 1 saturated carbocycles. The second-order valence-electron chi connectivity index (χ2n) is 4.74. The van der Waals surface area contributed by atoms with E-state index in [1.807, 2.05) is 0 Å². The standard InChI is InChI=1S/C13H14Br2FNO/c1-17(7-8-4-9(14)5-8)13(18)11-3-2-10(16)6-12(11)15/h2-3,6,8-9H,4-5,7H2,1H3. The fraction of sp³-hybridized carbons (Fsp3) is 0.462. The van der Waals surface area contributed by atoms with E-state index in [0.29, 0.717) is 20.8 Å². The molecule has 1 fully saturated rings. The number of halogens is 3. The molecule has 0 N–H and O–H groups in total. The van der Waals surface area contributed by atoms with E-state index >= 15 is 0 Å². The van der Waals surface area contributed by atoms with Crippen LogP contribution in [0.3, 0.4) is 0 Å². The van der Waals surface area contributed by atoms with Crippen LogP contribution in [0.4, 0.5) is 4.39 Å². The quantitative estimate of drug-likeness (QED) is 0.732. The lowest BCUT2D eigenvalue weighted by Gasteiger charge is -2.34. The highest BCUT2D eigenvalue weighted by Crippen LogP contribution is 2.34. The van der Waals surface area contributed by atoms with Gasteiger partial charge in [0.15, 0.2) is 0 Å². The zero-order valence-corrected chi connectivity index (χ0v) is 13.2. The van der Waals surface area contributed by atoms with Crippen LogP contribution in [0.1, 0.15) is 23.2 Å². The van der Waals surface area contributed by atoms with Gasteiger partial charge in [0.2, 0.25) is 0 Å². The summed E-state index contributed by atoms with van der Waals surface area (Å²) < 4.78 is 13.5. The maximum Gasteiger partial charge on any atom is 0.254 e. The molecule has 0 heterocycles. The van der Waals surface area contributed by atoms with Crippen LogP contribution in [0, 0.1) is 11.7 Å². The molecule has 1 aliphatic rings. The molecular weight excluding hydrogens is 365 g/mol. The average Bonchev–Trinajstić information content (AvgIpc) is 2.26. The van der Waals surface area contributed by atoms with Gasteiger partial charge in [-0.15, -0.1) is 0 Å². The van der Waals surface area contributed by atoms with Gasteiger partial charge in [0, 0.05) is 22.9 Å². The second-order valence-corrected chi connectivity index (χ2v) is 6.89. The summed E-state index contributed by atoms with van der Waals surface area (Å²) in [5.41, 5.74) is 0.508. The Hall–Kier alpha value is -0.420. The summed E-state index contributed by atoms with van der Waals surface area (Å²) in [6.45, 7) is 0.755. The number of hydrogen-bond acceptors (Lipinski definition) is 1. The van der Waals surface area contributed by atoms with Gasteiger partial charge in [0.25, 0.3) is 5.91 Å². The van der Waals surface area contributed by atoms with Gasteiger partial charge in [-0.1, -0.05) is 15.9 Å². The monoisotopic (exact) mass is 377 g/mol. The molecule has 0 unspecified atom stereocenters. The van der Waals surface area contributed by atoms with Gasteiger partial charge in [0.05, 0.1) is 5.56 Å². The van der Waals surface area contributed by atoms with Crippen LogP contribution in [-0.4, -0.2) is 29.2 Å². The Balaban J connectivity index is 2.01. The Labute approximate surface area is 123 Å². The molecule has 0 aromatic heterocycles. The zero-order valence-electron chi connectivity index (χ0n) is 10.00. The van der Waals surface area contributed by atoms with Crippen molar-refractivity contribution in [2.24, 2.45) is 5.92 Å². The number of carbonyl (C=O) groups excluding carboxylic acids is 1. The first kappa shape index (κ1) is 14.0. The lowest BCUT2D eigenvalue weighted by atomic mass is 9.85. The van der Waals surface area contributed by atoms with Crippen LogP contribution >= 0.6 is 31.9 Å². The van der Waals surface area contributed by atoms with Crippen molar-refractivity contribution in [3.63, 3.8) is 0 Å². The van der Waals surface area contributed by atoms with Crippen LogP contribution in [-0.2, 0) is 0 Å². The number of amides is 1. The molecule has 1 amide bonds. The summed E-state index contributed by atoms with van der Waals surface area (Å²) in [6, 6.07) is 4.15. The third kappa shape index (κ3) is 3.12. The molecule has 18 heavy (non-hydrogen) atoms. The summed E-state index contributed by atoms with van der Waals surface area (Å²) >= 11 is 6.77. The van der Waals surface area contributed by atoms with Crippen molar-refractivity contribution in [3.05, 3.63) is 34.1 Å². The van der Waals surface area contributed by atoms with Crippen molar-refractivity contribution in [2.45, 2.75) is 17.7 Å². The van der Waals surface area contributed by atoms with E-state index in [9.17, 15) is 9.18 Å². The number of carbonyl (C=O) groups is 1. The highest BCUT2D eigenvalue weighted by molar-refractivity contribution is 9.10. The normalized spacial score (nSPS) is 22.4. The van der Waals surface area contributed by atoms with Crippen molar-refractivity contribution in [2.75, 3.05) is 13.6 Å². The molecule has 1 aliphatic carbocycles. The second kappa shape index (κ2) is 5.70. The van der Waals surface area contributed by atoms with Crippen LogP contribution in [0.2, 0.25) is 0 Å². The fourth-order valence-electron chi connectivity index (χ4n) is 2.14. The molecule has 2 nitrogen and oxygen atoms in total. The average molecular weight is 379 g/mol. The van der Waals surface area contributed by atoms with E-state index < -0.39 is 0 Å². The third-order valence-electron chi connectivity index (χ3n) is 3.22. The van der Waals surface area contributed by atoms with Crippen LogP contribution in [0.25, 0.3) is 0 Å². The topological polar surface area (TPSA) is 20.3 Å². The lowest BCUT2D eigenvalue weighted by Crippen LogP contribution is -2.37. The third-order valence-corrected chi connectivity index (χ3v) is 4.62. The summed E-state index contributed by atoms with van der Waals surface area (Å²) in [7, 11) is 1.79. The molecule has 0 spiro atoms. The van der Waals surface area contributed by atoms with E-state index in [0.717, 1.165) is 19.4 Å². The Morgan fingerprint density at radius 2 is 2.17 bits per heavy atom. The van der Waals surface area contributed by atoms with Crippen LogP contribution < -0.4 is 0 Å². The molecule has 0 saturated heterocycles. The van der Waals surface area contributed by atoms with Gasteiger partial charge in [-0.3, -0.25) is 4.79 Å². The summed E-state index contributed by atoms with van der Waals surface area (Å²) in [5.74, 6) is 0.157. The molecule has 0 aliphatic heterocycles. The van der Waals surface area contributed by atoms with Gasteiger partial charge >= 0.3 is 0 Å². The highest BCUT2D eigenvalue weighted by atomic mass is 79.9. The number of hydrogen-bond donors (Lipinski definition) is 0. The molecule has 1 aromatic carbocycles. The van der Waals surface area contributed by atoms with Crippen molar-refractivity contribution in [3.8, 4) is 0 Å². The zero-order chi connectivity index (χ0) is 13.3. The van der Waals surface area contributed by atoms with Crippen LogP contribution in [0.5, 0.6) is 0 Å². The van der Waals surface area contributed by atoms with Gasteiger partial charge in [-0.2, -0.15) is 0 Å². The van der Waals surface area contributed by atoms with E-state index in [1.165, 1.54) is 18.2 Å². The van der Waals surface area contributed by atoms with E-state index in [2.05, 4.69) is 31.9 Å². The predicted octanol–water partition coefficient (Wildman–Crippen LogP) is 3.83. The van der Waals surface area contributed by atoms with Crippen molar-refractivity contribution >= 4 is 37.8 Å². The summed E-state index contributed by atoms with van der Waals surface area (Å²) in [6.07, 6.45) is 2.23. The largest absolute Gasteiger partial charge is 0.341 e. The minimum atomic E-state index is -0.345. The molecular formula is C13H14Br2FNO. The smallest absolute Gasteiger partial charge is 0.254 e. The highest BCUT2D eigenvalue weighted by Gasteiger charge is 2.29. The molecule has 5 heteroatoms. The van der Waals surface area contributed by atoms with E-state index in [-0.39, 0.29) is 11.7 Å². The summed E-state index contributed by atoms with van der Waals surface area (Å²) in [5, 5.41) is 0. The van der Waals surface area contributed by atoms with Gasteiger partial charge in [0.1, 0.15) is 5.82 Å². The van der Waals surface area contributed by atoms with Gasteiger partial charge < -0.3 is 4.90 Å². The van der Waals surface area contributed by atoms with Crippen LogP contribution in [0.15, 0.2) is 22.7 Å². The Kier molecular flexibility index (Phi) is 4.43. The van der Waals surface area contributed by atoms with E-state index in [4.69, 9.17) is 0 Å². The molecule has 0 radical (unpaired) electrons. The van der Waals surface area contributed by atoms with E-state index in [1.54, 1.807) is 11.9 Å². The number of nitrogens with zero attached hydrogens (tertiary/aromatic N) is 1. The Bertz CT molecular complexity index is 460.